The first-order valence-corrected chi connectivity index (χ1v) is 9.41. The molecule has 0 fully saturated rings. The molecule has 0 spiro atoms. The molecule has 1 aromatic carbocycles. The predicted octanol–water partition coefficient (Wildman–Crippen LogP) is 6.37. The second-order valence-corrected chi connectivity index (χ2v) is 8.97. The van der Waals surface area contributed by atoms with E-state index in [0.29, 0.717) is 11.8 Å². The van der Waals surface area contributed by atoms with Crippen molar-refractivity contribution >= 4 is 6.21 Å². The maximum atomic E-state index is 10.8. The monoisotopic (exact) mass is 331 g/mol. The summed E-state index contributed by atoms with van der Waals surface area (Å²) in [7, 11) is 0. The topological polar surface area (TPSA) is 32.6 Å². The summed E-state index contributed by atoms with van der Waals surface area (Å²) in [6.45, 7) is 17.5. The van der Waals surface area contributed by atoms with E-state index in [-0.39, 0.29) is 10.8 Å². The molecule has 0 aromatic heterocycles. The van der Waals surface area contributed by atoms with Gasteiger partial charge in [-0.05, 0) is 35.3 Å². The second kappa shape index (κ2) is 8.18. The van der Waals surface area contributed by atoms with Gasteiger partial charge in [-0.15, -0.1) is 0 Å². The van der Waals surface area contributed by atoms with Gasteiger partial charge in [-0.2, -0.15) is 0 Å². The van der Waals surface area contributed by atoms with E-state index in [4.69, 9.17) is 4.99 Å². The van der Waals surface area contributed by atoms with Gasteiger partial charge in [-0.1, -0.05) is 74.3 Å². The first-order valence-electron chi connectivity index (χ1n) is 9.41. The van der Waals surface area contributed by atoms with Crippen molar-refractivity contribution in [2.45, 2.75) is 97.9 Å². The molecular formula is C22H37NO. The number of hydrogen-bond acceptors (Lipinski definition) is 2. The van der Waals surface area contributed by atoms with Crippen molar-refractivity contribution < 1.29 is 5.11 Å². The minimum Gasteiger partial charge on any atom is -0.507 e. The summed E-state index contributed by atoms with van der Waals surface area (Å²) in [5.74, 6) is 0.381. The molecule has 0 bridgehead atoms. The first kappa shape index (κ1) is 20.7. The Morgan fingerprint density at radius 3 is 1.92 bits per heavy atom. The molecule has 0 aliphatic heterocycles. The van der Waals surface area contributed by atoms with E-state index >= 15 is 0 Å². The number of aliphatic imine (C=N–C) groups is 1. The van der Waals surface area contributed by atoms with Gasteiger partial charge < -0.3 is 5.11 Å². The number of benzene rings is 1. The third-order valence-corrected chi connectivity index (χ3v) is 4.48. The molecule has 1 N–H and O–H groups in total. The van der Waals surface area contributed by atoms with Crippen molar-refractivity contribution in [2.24, 2.45) is 4.99 Å². The fourth-order valence-electron chi connectivity index (χ4n) is 2.91. The van der Waals surface area contributed by atoms with Gasteiger partial charge in [0.2, 0.25) is 0 Å². The molecule has 136 valence electrons. The van der Waals surface area contributed by atoms with Crippen LogP contribution in [-0.2, 0) is 10.8 Å². The highest BCUT2D eigenvalue weighted by molar-refractivity contribution is 5.85. The van der Waals surface area contributed by atoms with E-state index in [1.165, 1.54) is 5.56 Å². The zero-order chi connectivity index (χ0) is 18.5. The van der Waals surface area contributed by atoms with E-state index < -0.39 is 0 Å². The van der Waals surface area contributed by atoms with Crippen LogP contribution in [-0.4, -0.2) is 17.4 Å². The summed E-state index contributed by atoms with van der Waals surface area (Å²) in [6.07, 6.45) is 6.40. The van der Waals surface area contributed by atoms with Crippen LogP contribution in [0.15, 0.2) is 17.1 Å². The van der Waals surface area contributed by atoms with Crippen molar-refractivity contribution in [3.05, 3.63) is 28.8 Å². The lowest BCUT2D eigenvalue weighted by atomic mass is 9.79. The van der Waals surface area contributed by atoms with Crippen LogP contribution in [0.2, 0.25) is 0 Å². The van der Waals surface area contributed by atoms with Crippen LogP contribution >= 0.6 is 0 Å². The van der Waals surface area contributed by atoms with Gasteiger partial charge in [0.15, 0.2) is 0 Å². The summed E-state index contributed by atoms with van der Waals surface area (Å²) in [5.41, 5.74) is 3.04. The van der Waals surface area contributed by atoms with E-state index in [1.54, 1.807) is 0 Å². The Kier molecular flexibility index (Phi) is 7.07. The van der Waals surface area contributed by atoms with Crippen LogP contribution in [0.25, 0.3) is 0 Å². The lowest BCUT2D eigenvalue weighted by molar-refractivity contribution is 0.443. The molecule has 0 radical (unpaired) electrons. The molecule has 0 saturated heterocycles. The highest BCUT2D eigenvalue weighted by atomic mass is 16.3. The number of rotatable bonds is 6. The minimum atomic E-state index is -0.0971. The van der Waals surface area contributed by atoms with Gasteiger partial charge in [-0.25, -0.2) is 0 Å². The van der Waals surface area contributed by atoms with Crippen LogP contribution < -0.4 is 0 Å². The van der Waals surface area contributed by atoms with Gasteiger partial charge in [0.05, 0.1) is 0 Å². The van der Waals surface area contributed by atoms with Gasteiger partial charge >= 0.3 is 0 Å². The highest BCUT2D eigenvalue weighted by Crippen LogP contribution is 2.37. The average molecular weight is 332 g/mol. The van der Waals surface area contributed by atoms with Crippen LogP contribution in [0.1, 0.15) is 97.8 Å². The molecule has 0 aliphatic rings. The van der Waals surface area contributed by atoms with Crippen molar-refractivity contribution in [2.75, 3.05) is 0 Å². The largest absolute Gasteiger partial charge is 0.507 e. The Hall–Kier alpha value is -1.31. The first-order chi connectivity index (χ1) is 11.0. The second-order valence-electron chi connectivity index (χ2n) is 8.97. The quantitative estimate of drug-likeness (QED) is 0.603. The molecule has 24 heavy (non-hydrogen) atoms. The number of aromatic hydroxyl groups is 1. The summed E-state index contributed by atoms with van der Waals surface area (Å²) in [6, 6.07) is 4.61. The van der Waals surface area contributed by atoms with E-state index in [1.807, 2.05) is 6.21 Å². The third kappa shape index (κ3) is 5.65. The normalized spacial score (nSPS) is 13.2. The fourth-order valence-corrected chi connectivity index (χ4v) is 2.91. The summed E-state index contributed by atoms with van der Waals surface area (Å²) in [5, 5.41) is 10.8. The van der Waals surface area contributed by atoms with Crippen LogP contribution in [0, 0.1) is 0 Å². The van der Waals surface area contributed by atoms with E-state index in [2.05, 4.69) is 67.5 Å². The third-order valence-electron chi connectivity index (χ3n) is 4.48. The minimum absolute atomic E-state index is 0.0442. The summed E-state index contributed by atoms with van der Waals surface area (Å²) >= 11 is 0. The summed E-state index contributed by atoms with van der Waals surface area (Å²) in [4.78, 5) is 4.80. The van der Waals surface area contributed by atoms with Crippen LogP contribution in [0.3, 0.4) is 0 Å². The van der Waals surface area contributed by atoms with E-state index in [0.717, 1.165) is 36.8 Å². The van der Waals surface area contributed by atoms with Crippen LogP contribution in [0.4, 0.5) is 0 Å². The van der Waals surface area contributed by atoms with Crippen LogP contribution in [0.5, 0.6) is 5.75 Å². The fraction of sp³-hybridized carbons (Fsp3) is 0.682. The molecule has 2 heteroatoms. The Bertz CT molecular complexity index is 553. The molecule has 0 atom stereocenters. The molecule has 2 nitrogen and oxygen atoms in total. The van der Waals surface area contributed by atoms with Gasteiger partial charge in [0, 0.05) is 23.4 Å². The van der Waals surface area contributed by atoms with E-state index in [9.17, 15) is 5.11 Å². The SMILES string of the molecule is CCCC(CCC)/N=C/c1cc(C(C)(C)C)cc(C(C)(C)C)c1O. The lowest BCUT2D eigenvalue weighted by Crippen LogP contribution is -2.17. The molecular weight excluding hydrogens is 294 g/mol. The smallest absolute Gasteiger partial charge is 0.128 e. The standard InChI is InChI=1S/C22H37NO/c1-9-11-18(12-10-2)23-15-16-13-17(21(3,4)5)14-19(20(16)24)22(6,7)8/h13-15,18,24H,9-12H2,1-8H3/b23-15+. The highest BCUT2D eigenvalue weighted by Gasteiger charge is 2.24. The van der Waals surface area contributed by atoms with Crippen molar-refractivity contribution in [1.82, 2.24) is 0 Å². The Labute approximate surface area is 149 Å². The molecule has 0 unspecified atom stereocenters. The molecule has 0 saturated carbocycles. The van der Waals surface area contributed by atoms with Gasteiger partial charge in [0.25, 0.3) is 0 Å². The molecule has 0 heterocycles. The Morgan fingerprint density at radius 2 is 1.50 bits per heavy atom. The zero-order valence-corrected chi connectivity index (χ0v) is 17.0. The molecule has 0 aliphatic carbocycles. The van der Waals surface area contributed by atoms with Crippen molar-refractivity contribution in [1.29, 1.82) is 0 Å². The van der Waals surface area contributed by atoms with Gasteiger partial charge in [-0.3, -0.25) is 4.99 Å². The molecule has 0 amide bonds. The number of nitrogens with zero attached hydrogens (tertiary/aromatic N) is 1. The molecule has 1 rings (SSSR count). The zero-order valence-electron chi connectivity index (χ0n) is 17.0. The number of phenolic OH excluding ortho intramolecular Hbond substituents is 1. The average Bonchev–Trinajstić information content (AvgIpc) is 2.43. The Balaban J connectivity index is 3.35. The predicted molar refractivity (Wildman–Crippen MR) is 107 cm³/mol. The lowest BCUT2D eigenvalue weighted by Gasteiger charge is -2.27. The number of hydrogen-bond donors (Lipinski definition) is 1. The maximum Gasteiger partial charge on any atom is 0.128 e. The molecule has 1 aromatic rings. The van der Waals surface area contributed by atoms with Gasteiger partial charge in [0.1, 0.15) is 5.75 Å². The van der Waals surface area contributed by atoms with Crippen molar-refractivity contribution in [3.8, 4) is 5.75 Å². The summed E-state index contributed by atoms with van der Waals surface area (Å²) < 4.78 is 0. The van der Waals surface area contributed by atoms with Crippen molar-refractivity contribution in [3.63, 3.8) is 0 Å². The Morgan fingerprint density at radius 1 is 0.958 bits per heavy atom. The number of phenols is 1. The maximum absolute atomic E-state index is 10.8.